The van der Waals surface area contributed by atoms with E-state index in [-0.39, 0.29) is 30.0 Å². The topological polar surface area (TPSA) is 66.5 Å². The van der Waals surface area contributed by atoms with Gasteiger partial charge in [0.1, 0.15) is 11.6 Å². The van der Waals surface area contributed by atoms with Crippen LogP contribution >= 0.6 is 0 Å². The Hall–Kier alpha value is -3.09. The maximum Gasteiger partial charge on any atom is 0.261 e. The third-order valence-corrected chi connectivity index (χ3v) is 5.73. The number of benzene rings is 2. The molecule has 4 rings (SSSR count). The minimum Gasteiger partial charge on any atom is -0.323 e. The summed E-state index contributed by atoms with van der Waals surface area (Å²) in [5, 5.41) is 2.47. The number of nitrogens with zero attached hydrogens (tertiary/aromatic N) is 1. The van der Waals surface area contributed by atoms with Crippen LogP contribution in [0, 0.1) is 23.5 Å². The Bertz CT molecular complexity index is 957. The van der Waals surface area contributed by atoms with Crippen molar-refractivity contribution >= 4 is 23.4 Å². The van der Waals surface area contributed by atoms with Gasteiger partial charge < -0.3 is 5.32 Å². The van der Waals surface area contributed by atoms with E-state index in [2.05, 4.69) is 5.32 Å². The third kappa shape index (κ3) is 3.64. The standard InChI is InChI=1S/C22H20F2N2O3/c23-14-9-10-18(24)19(11-14)25-20(27)15-6-2-1-5-13(15)12-26-21(28)16-7-3-4-8-17(16)22(26)29/h3-4,7-11,13,15H,1-2,5-6,12H2,(H,25,27). The van der Waals surface area contributed by atoms with Crippen molar-refractivity contribution in [1.82, 2.24) is 4.90 Å². The first-order valence-corrected chi connectivity index (χ1v) is 9.67. The largest absolute Gasteiger partial charge is 0.323 e. The fourth-order valence-electron chi connectivity index (χ4n) is 4.23. The average Bonchev–Trinajstić information content (AvgIpc) is 2.96. The summed E-state index contributed by atoms with van der Waals surface area (Å²) in [7, 11) is 0. The number of hydrogen-bond acceptors (Lipinski definition) is 3. The summed E-state index contributed by atoms with van der Waals surface area (Å²) >= 11 is 0. The normalized spacial score (nSPS) is 21.2. The number of anilines is 1. The highest BCUT2D eigenvalue weighted by molar-refractivity contribution is 6.21. The van der Waals surface area contributed by atoms with Crippen LogP contribution in [0.4, 0.5) is 14.5 Å². The molecule has 0 spiro atoms. The lowest BCUT2D eigenvalue weighted by atomic mass is 9.78. The zero-order chi connectivity index (χ0) is 20.5. The van der Waals surface area contributed by atoms with Gasteiger partial charge in [-0.05, 0) is 43.0 Å². The van der Waals surface area contributed by atoms with E-state index in [1.54, 1.807) is 24.3 Å². The average molecular weight is 398 g/mol. The number of carbonyl (C=O) groups is 3. The lowest BCUT2D eigenvalue weighted by Gasteiger charge is -2.32. The van der Waals surface area contributed by atoms with Gasteiger partial charge in [0, 0.05) is 18.5 Å². The van der Waals surface area contributed by atoms with Crippen molar-refractivity contribution in [3.63, 3.8) is 0 Å². The number of nitrogens with one attached hydrogen (secondary N) is 1. The summed E-state index contributed by atoms with van der Waals surface area (Å²) in [6, 6.07) is 9.53. The molecule has 150 valence electrons. The summed E-state index contributed by atoms with van der Waals surface area (Å²) in [5.41, 5.74) is 0.535. The molecule has 2 unspecified atom stereocenters. The van der Waals surface area contributed by atoms with Gasteiger partial charge in [0.05, 0.1) is 16.8 Å². The second-order valence-electron chi connectivity index (χ2n) is 7.53. The zero-order valence-corrected chi connectivity index (χ0v) is 15.7. The number of fused-ring (bicyclic) bond motifs is 1. The predicted octanol–water partition coefficient (Wildman–Crippen LogP) is 4.01. The van der Waals surface area contributed by atoms with E-state index in [9.17, 15) is 23.2 Å². The van der Waals surface area contributed by atoms with Gasteiger partial charge in [0.2, 0.25) is 5.91 Å². The first-order chi connectivity index (χ1) is 14.0. The molecule has 1 heterocycles. The van der Waals surface area contributed by atoms with Crippen molar-refractivity contribution in [2.24, 2.45) is 11.8 Å². The van der Waals surface area contributed by atoms with Crippen molar-refractivity contribution in [3.05, 3.63) is 65.2 Å². The van der Waals surface area contributed by atoms with Crippen molar-refractivity contribution in [3.8, 4) is 0 Å². The van der Waals surface area contributed by atoms with Crippen LogP contribution in [0.5, 0.6) is 0 Å². The van der Waals surface area contributed by atoms with Crippen LogP contribution in [0.25, 0.3) is 0 Å². The van der Waals surface area contributed by atoms with Gasteiger partial charge in [-0.25, -0.2) is 8.78 Å². The molecule has 1 fully saturated rings. The van der Waals surface area contributed by atoms with Crippen LogP contribution in [0.3, 0.4) is 0 Å². The van der Waals surface area contributed by atoms with Gasteiger partial charge in [0.15, 0.2) is 0 Å². The smallest absolute Gasteiger partial charge is 0.261 e. The number of hydrogen-bond donors (Lipinski definition) is 1. The second kappa shape index (κ2) is 7.73. The van der Waals surface area contributed by atoms with E-state index in [4.69, 9.17) is 0 Å². The second-order valence-corrected chi connectivity index (χ2v) is 7.53. The Morgan fingerprint density at radius 2 is 1.66 bits per heavy atom. The molecule has 5 nitrogen and oxygen atoms in total. The maximum absolute atomic E-state index is 13.9. The minimum absolute atomic E-state index is 0.135. The Balaban J connectivity index is 1.51. The van der Waals surface area contributed by atoms with Crippen LogP contribution < -0.4 is 5.32 Å². The minimum atomic E-state index is -0.715. The Labute approximate surface area is 166 Å². The summed E-state index contributed by atoms with van der Waals surface area (Å²) < 4.78 is 27.3. The van der Waals surface area contributed by atoms with Crippen LogP contribution in [0.15, 0.2) is 42.5 Å². The van der Waals surface area contributed by atoms with Crippen LogP contribution in [0.2, 0.25) is 0 Å². The van der Waals surface area contributed by atoms with E-state index >= 15 is 0 Å². The van der Waals surface area contributed by atoms with Crippen molar-refractivity contribution in [1.29, 1.82) is 0 Å². The monoisotopic (exact) mass is 398 g/mol. The van der Waals surface area contributed by atoms with Gasteiger partial charge in [-0.15, -0.1) is 0 Å². The Morgan fingerprint density at radius 1 is 1.00 bits per heavy atom. The van der Waals surface area contributed by atoms with E-state index < -0.39 is 23.5 Å². The first kappa shape index (κ1) is 19.2. The van der Waals surface area contributed by atoms with Crippen molar-refractivity contribution in [2.75, 3.05) is 11.9 Å². The molecule has 0 bridgehead atoms. The fraction of sp³-hybridized carbons (Fsp3) is 0.318. The molecule has 0 saturated heterocycles. The number of amides is 3. The molecular weight excluding hydrogens is 378 g/mol. The molecule has 1 aliphatic carbocycles. The molecule has 29 heavy (non-hydrogen) atoms. The fourth-order valence-corrected chi connectivity index (χ4v) is 4.23. The van der Waals surface area contributed by atoms with Crippen LogP contribution in [-0.2, 0) is 4.79 Å². The highest BCUT2D eigenvalue weighted by atomic mass is 19.1. The molecule has 1 aliphatic heterocycles. The summed E-state index contributed by atoms with van der Waals surface area (Å²) in [5.74, 6) is -3.22. The summed E-state index contributed by atoms with van der Waals surface area (Å²) in [4.78, 5) is 39.3. The first-order valence-electron chi connectivity index (χ1n) is 9.67. The van der Waals surface area contributed by atoms with E-state index in [0.717, 1.165) is 31.0 Å². The lowest BCUT2D eigenvalue weighted by Crippen LogP contribution is -2.41. The van der Waals surface area contributed by atoms with Gasteiger partial charge in [-0.1, -0.05) is 25.0 Å². The molecule has 0 aromatic heterocycles. The SMILES string of the molecule is O=C(Nc1cc(F)ccc1F)C1CCCCC1CN1C(=O)c2ccccc2C1=O. The van der Waals surface area contributed by atoms with Gasteiger partial charge in [-0.2, -0.15) is 0 Å². The van der Waals surface area contributed by atoms with Crippen molar-refractivity contribution < 1.29 is 23.2 Å². The third-order valence-electron chi connectivity index (χ3n) is 5.73. The zero-order valence-electron chi connectivity index (χ0n) is 15.7. The molecule has 2 aromatic carbocycles. The van der Waals surface area contributed by atoms with Gasteiger partial charge in [0.25, 0.3) is 11.8 Å². The highest BCUT2D eigenvalue weighted by Crippen LogP contribution is 2.34. The molecule has 2 aliphatic rings. The molecule has 2 aromatic rings. The molecule has 1 saturated carbocycles. The number of rotatable bonds is 4. The number of imide groups is 1. The van der Waals surface area contributed by atoms with E-state index in [1.165, 1.54) is 4.90 Å². The molecule has 1 N–H and O–H groups in total. The molecule has 2 atom stereocenters. The predicted molar refractivity (Wildman–Crippen MR) is 102 cm³/mol. The van der Waals surface area contributed by atoms with E-state index in [0.29, 0.717) is 24.0 Å². The van der Waals surface area contributed by atoms with Crippen molar-refractivity contribution in [2.45, 2.75) is 25.7 Å². The quantitative estimate of drug-likeness (QED) is 0.792. The molecule has 0 radical (unpaired) electrons. The Kier molecular flexibility index (Phi) is 5.13. The number of carbonyl (C=O) groups excluding carboxylic acids is 3. The number of halogens is 2. The molecule has 3 amide bonds. The Morgan fingerprint density at radius 3 is 2.34 bits per heavy atom. The van der Waals surface area contributed by atoms with Gasteiger partial charge >= 0.3 is 0 Å². The maximum atomic E-state index is 13.9. The summed E-state index contributed by atoms with van der Waals surface area (Å²) in [6.07, 6.45) is 2.95. The molecule has 7 heteroatoms. The molecular formula is C22H20F2N2O3. The highest BCUT2D eigenvalue weighted by Gasteiger charge is 2.40. The van der Waals surface area contributed by atoms with E-state index in [1.807, 2.05) is 0 Å². The van der Waals surface area contributed by atoms with Crippen LogP contribution in [0.1, 0.15) is 46.4 Å². The lowest BCUT2D eigenvalue weighted by molar-refractivity contribution is -0.122. The van der Waals surface area contributed by atoms with Gasteiger partial charge in [-0.3, -0.25) is 19.3 Å². The summed E-state index contributed by atoms with van der Waals surface area (Å²) in [6.45, 7) is 0.135. The van der Waals surface area contributed by atoms with Crippen LogP contribution in [-0.4, -0.2) is 29.2 Å².